The normalized spacial score (nSPS) is 21.9. The molecule has 0 bridgehead atoms. The standard InChI is InChI=1S/C21H28N6/c1-15-8-11-26(16(2)24-23-15)18-6-7-20-19(14-18)22-21-9-10-25(12-13-27(20)21)17-4-3-5-17/h6-7,14,17H,3-5,8-13H2,1-2H3. The Morgan fingerprint density at radius 2 is 1.85 bits per heavy atom. The molecule has 27 heavy (non-hydrogen) atoms. The fourth-order valence-electron chi connectivity index (χ4n) is 4.49. The van der Waals surface area contributed by atoms with E-state index in [9.17, 15) is 0 Å². The molecule has 0 atom stereocenters. The number of benzene rings is 1. The first-order chi connectivity index (χ1) is 13.2. The van der Waals surface area contributed by atoms with E-state index < -0.39 is 0 Å². The molecule has 0 radical (unpaired) electrons. The Kier molecular flexibility index (Phi) is 4.23. The Bertz CT molecular complexity index is 920. The summed E-state index contributed by atoms with van der Waals surface area (Å²) in [6, 6.07) is 7.50. The number of nitrogens with zero attached hydrogens (tertiary/aromatic N) is 6. The van der Waals surface area contributed by atoms with E-state index in [1.165, 1.54) is 30.6 Å². The zero-order chi connectivity index (χ0) is 18.4. The number of amidine groups is 1. The van der Waals surface area contributed by atoms with Crippen LogP contribution in [0.2, 0.25) is 0 Å². The second-order valence-corrected chi connectivity index (χ2v) is 8.11. The molecule has 0 N–H and O–H groups in total. The minimum atomic E-state index is 0.823. The van der Waals surface area contributed by atoms with Crippen LogP contribution in [0.4, 0.5) is 5.69 Å². The molecule has 1 aromatic carbocycles. The van der Waals surface area contributed by atoms with Crippen molar-refractivity contribution < 1.29 is 0 Å². The number of aromatic nitrogens is 2. The van der Waals surface area contributed by atoms with E-state index in [0.717, 1.165) is 67.8 Å². The van der Waals surface area contributed by atoms with E-state index in [0.29, 0.717) is 0 Å². The molecule has 2 aromatic rings. The number of imidazole rings is 1. The molecule has 6 heteroatoms. The third kappa shape index (κ3) is 3.06. The van der Waals surface area contributed by atoms with Crippen LogP contribution in [-0.2, 0) is 13.0 Å². The van der Waals surface area contributed by atoms with Crippen LogP contribution in [-0.4, -0.2) is 51.7 Å². The molecule has 3 aliphatic rings. The Morgan fingerprint density at radius 1 is 0.963 bits per heavy atom. The van der Waals surface area contributed by atoms with E-state index in [-0.39, 0.29) is 0 Å². The smallest absolute Gasteiger partial charge is 0.128 e. The lowest BCUT2D eigenvalue weighted by Gasteiger charge is -2.36. The SMILES string of the molecule is CC1=NN=C(C)N(c2ccc3c(c2)nc2n3CCN(C3CCC3)CC2)CC1. The van der Waals surface area contributed by atoms with Crippen LogP contribution >= 0.6 is 0 Å². The van der Waals surface area contributed by atoms with Gasteiger partial charge in [-0.1, -0.05) is 6.42 Å². The molecule has 0 unspecified atom stereocenters. The quantitative estimate of drug-likeness (QED) is 0.820. The molecular formula is C21H28N6. The highest BCUT2D eigenvalue weighted by Gasteiger charge is 2.27. The summed E-state index contributed by atoms with van der Waals surface area (Å²) in [7, 11) is 0. The second-order valence-electron chi connectivity index (χ2n) is 8.11. The molecule has 1 saturated carbocycles. The van der Waals surface area contributed by atoms with Gasteiger partial charge in [0.2, 0.25) is 0 Å². The highest BCUT2D eigenvalue weighted by atomic mass is 15.3. The summed E-state index contributed by atoms with van der Waals surface area (Å²) < 4.78 is 2.44. The van der Waals surface area contributed by atoms with Gasteiger partial charge in [0.15, 0.2) is 0 Å². The summed E-state index contributed by atoms with van der Waals surface area (Å²) in [4.78, 5) is 9.94. The van der Waals surface area contributed by atoms with E-state index in [1.54, 1.807) is 0 Å². The second kappa shape index (κ2) is 6.75. The molecule has 1 aromatic heterocycles. The highest BCUT2D eigenvalue weighted by molar-refractivity contribution is 5.99. The van der Waals surface area contributed by atoms with Gasteiger partial charge >= 0.3 is 0 Å². The first kappa shape index (κ1) is 16.9. The minimum Gasteiger partial charge on any atom is -0.328 e. The van der Waals surface area contributed by atoms with Gasteiger partial charge in [-0.15, -0.1) is 5.10 Å². The van der Waals surface area contributed by atoms with E-state index in [4.69, 9.17) is 4.98 Å². The minimum absolute atomic E-state index is 0.823. The number of hydrogen-bond acceptors (Lipinski definition) is 5. The van der Waals surface area contributed by atoms with E-state index in [1.807, 2.05) is 13.8 Å². The lowest BCUT2D eigenvalue weighted by molar-refractivity contribution is 0.130. The summed E-state index contributed by atoms with van der Waals surface area (Å²) in [5, 5.41) is 8.64. The third-order valence-corrected chi connectivity index (χ3v) is 6.40. The van der Waals surface area contributed by atoms with Gasteiger partial charge in [-0.05, 0) is 44.9 Å². The molecule has 2 aliphatic heterocycles. The average Bonchev–Trinajstić information content (AvgIpc) is 2.72. The zero-order valence-corrected chi connectivity index (χ0v) is 16.4. The molecular weight excluding hydrogens is 336 g/mol. The van der Waals surface area contributed by atoms with Crippen LogP contribution in [0.15, 0.2) is 28.4 Å². The monoisotopic (exact) mass is 364 g/mol. The fraction of sp³-hybridized carbons (Fsp3) is 0.571. The van der Waals surface area contributed by atoms with Crippen LogP contribution in [0.5, 0.6) is 0 Å². The first-order valence-corrected chi connectivity index (χ1v) is 10.3. The van der Waals surface area contributed by atoms with Gasteiger partial charge in [-0.3, -0.25) is 4.90 Å². The van der Waals surface area contributed by atoms with Crippen LogP contribution in [0.1, 0.15) is 45.4 Å². The number of fused-ring (bicyclic) bond motifs is 3. The molecule has 3 heterocycles. The Labute approximate surface area is 160 Å². The average molecular weight is 364 g/mol. The topological polar surface area (TPSA) is 49.0 Å². The molecule has 5 rings (SSSR count). The Hall–Kier alpha value is -2.21. The summed E-state index contributed by atoms with van der Waals surface area (Å²) >= 11 is 0. The van der Waals surface area contributed by atoms with Crippen molar-refractivity contribution in [1.29, 1.82) is 0 Å². The van der Waals surface area contributed by atoms with Crippen molar-refractivity contribution in [2.75, 3.05) is 24.5 Å². The Balaban J connectivity index is 1.42. The van der Waals surface area contributed by atoms with Crippen molar-refractivity contribution in [3.63, 3.8) is 0 Å². The number of hydrogen-bond donors (Lipinski definition) is 0. The van der Waals surface area contributed by atoms with E-state index >= 15 is 0 Å². The molecule has 142 valence electrons. The molecule has 0 saturated heterocycles. The maximum absolute atomic E-state index is 5.01. The lowest BCUT2D eigenvalue weighted by atomic mass is 9.91. The van der Waals surface area contributed by atoms with Crippen molar-refractivity contribution in [1.82, 2.24) is 14.5 Å². The van der Waals surface area contributed by atoms with Gasteiger partial charge in [0.05, 0.1) is 11.0 Å². The Morgan fingerprint density at radius 3 is 2.67 bits per heavy atom. The number of anilines is 1. The van der Waals surface area contributed by atoms with Crippen LogP contribution in [0.3, 0.4) is 0 Å². The molecule has 0 spiro atoms. The lowest BCUT2D eigenvalue weighted by Crippen LogP contribution is -2.41. The summed E-state index contributed by atoms with van der Waals surface area (Å²) in [5.74, 6) is 2.19. The maximum atomic E-state index is 5.01. The van der Waals surface area contributed by atoms with Gasteiger partial charge in [0, 0.05) is 56.5 Å². The predicted molar refractivity (Wildman–Crippen MR) is 111 cm³/mol. The van der Waals surface area contributed by atoms with Gasteiger partial charge in [-0.2, -0.15) is 5.10 Å². The van der Waals surface area contributed by atoms with Gasteiger partial charge in [0.1, 0.15) is 11.7 Å². The first-order valence-electron chi connectivity index (χ1n) is 10.3. The van der Waals surface area contributed by atoms with Crippen molar-refractivity contribution in [3.8, 4) is 0 Å². The fourth-order valence-corrected chi connectivity index (χ4v) is 4.49. The highest BCUT2D eigenvalue weighted by Crippen LogP contribution is 2.29. The van der Waals surface area contributed by atoms with Crippen molar-refractivity contribution >= 4 is 28.3 Å². The molecule has 0 amide bonds. The zero-order valence-electron chi connectivity index (χ0n) is 16.4. The largest absolute Gasteiger partial charge is 0.328 e. The summed E-state index contributed by atoms with van der Waals surface area (Å²) in [6.07, 6.45) is 6.16. The summed E-state index contributed by atoms with van der Waals surface area (Å²) in [5.41, 5.74) is 4.62. The molecule has 1 fully saturated rings. The van der Waals surface area contributed by atoms with Crippen molar-refractivity contribution in [2.24, 2.45) is 10.2 Å². The third-order valence-electron chi connectivity index (χ3n) is 6.40. The van der Waals surface area contributed by atoms with Gasteiger partial charge in [0.25, 0.3) is 0 Å². The molecule has 1 aliphatic carbocycles. The molecule has 6 nitrogen and oxygen atoms in total. The van der Waals surface area contributed by atoms with Crippen LogP contribution in [0.25, 0.3) is 11.0 Å². The summed E-state index contributed by atoms with van der Waals surface area (Å²) in [6.45, 7) is 8.35. The predicted octanol–water partition coefficient (Wildman–Crippen LogP) is 3.45. The van der Waals surface area contributed by atoms with Gasteiger partial charge in [-0.25, -0.2) is 4.98 Å². The number of rotatable bonds is 2. The maximum Gasteiger partial charge on any atom is 0.128 e. The van der Waals surface area contributed by atoms with E-state index in [2.05, 4.69) is 42.8 Å². The van der Waals surface area contributed by atoms with Crippen molar-refractivity contribution in [3.05, 3.63) is 24.0 Å². The van der Waals surface area contributed by atoms with Crippen LogP contribution < -0.4 is 4.90 Å². The van der Waals surface area contributed by atoms with Gasteiger partial charge < -0.3 is 9.47 Å². The van der Waals surface area contributed by atoms with Crippen molar-refractivity contribution in [2.45, 2.75) is 58.5 Å². The van der Waals surface area contributed by atoms with Crippen LogP contribution in [0, 0.1) is 0 Å².